The van der Waals surface area contributed by atoms with Gasteiger partial charge in [-0.15, -0.1) is 0 Å². The number of aryl methyl sites for hydroxylation is 2. The fraction of sp³-hybridized carbons (Fsp3) is 0.765. The van der Waals surface area contributed by atoms with Crippen LogP contribution in [-0.4, -0.2) is 36.7 Å². The summed E-state index contributed by atoms with van der Waals surface area (Å²) < 4.78 is 11.3. The molecule has 1 aromatic heterocycles. The number of ether oxygens (including phenoxy) is 1. The number of rotatable bonds is 9. The molecule has 23 heavy (non-hydrogen) atoms. The first kappa shape index (κ1) is 19.5. The van der Waals surface area contributed by atoms with E-state index < -0.39 is 0 Å². The Morgan fingerprint density at radius 1 is 1.26 bits per heavy atom. The van der Waals surface area contributed by atoms with Gasteiger partial charge in [-0.3, -0.25) is 0 Å². The number of nitrogens with one attached hydrogen (secondary N) is 2. The average molecular weight is 324 g/mol. The van der Waals surface area contributed by atoms with Crippen LogP contribution in [0.15, 0.2) is 9.41 Å². The predicted molar refractivity (Wildman–Crippen MR) is 93.7 cm³/mol. The van der Waals surface area contributed by atoms with Crippen molar-refractivity contribution >= 4 is 5.96 Å². The van der Waals surface area contributed by atoms with Gasteiger partial charge in [-0.1, -0.05) is 13.8 Å². The van der Waals surface area contributed by atoms with Crippen LogP contribution in [0.25, 0.3) is 0 Å². The average Bonchev–Trinajstić information content (AvgIpc) is 2.82. The molecule has 0 aliphatic heterocycles. The molecule has 1 rings (SSSR count). The third kappa shape index (κ3) is 7.03. The van der Waals surface area contributed by atoms with Gasteiger partial charge in [0.2, 0.25) is 5.89 Å². The Morgan fingerprint density at radius 3 is 2.52 bits per heavy atom. The first-order valence-corrected chi connectivity index (χ1v) is 8.54. The molecule has 0 amide bonds. The molecule has 2 N–H and O–H groups in total. The second kappa shape index (κ2) is 10.3. The van der Waals surface area contributed by atoms with Crippen LogP contribution < -0.4 is 10.6 Å². The van der Waals surface area contributed by atoms with Gasteiger partial charge in [0.15, 0.2) is 5.96 Å². The summed E-state index contributed by atoms with van der Waals surface area (Å²) in [7, 11) is 0. The van der Waals surface area contributed by atoms with Gasteiger partial charge in [0, 0.05) is 19.7 Å². The van der Waals surface area contributed by atoms with E-state index in [2.05, 4.69) is 34.5 Å². The van der Waals surface area contributed by atoms with Crippen molar-refractivity contribution in [2.24, 2.45) is 10.9 Å². The zero-order chi connectivity index (χ0) is 17.2. The molecule has 1 unspecified atom stereocenters. The van der Waals surface area contributed by atoms with Crippen LogP contribution in [-0.2, 0) is 11.3 Å². The highest BCUT2D eigenvalue weighted by Gasteiger charge is 2.13. The van der Waals surface area contributed by atoms with Gasteiger partial charge < -0.3 is 19.8 Å². The van der Waals surface area contributed by atoms with Gasteiger partial charge in [0.25, 0.3) is 0 Å². The molecule has 1 atom stereocenters. The second-order valence-corrected chi connectivity index (χ2v) is 5.90. The summed E-state index contributed by atoms with van der Waals surface area (Å²) in [4.78, 5) is 8.87. The molecule has 0 aliphatic carbocycles. The molecule has 0 radical (unpaired) electrons. The largest absolute Gasteiger partial charge is 0.444 e. The standard InChI is InChI=1S/C17H32N4O2/c1-7-18-17(19-10-9-15(12(3)4)22-8-2)20-11-16-21-13(5)14(6)23-16/h12,15H,7-11H2,1-6H3,(H2,18,19,20). The predicted octanol–water partition coefficient (Wildman–Crippen LogP) is 2.80. The van der Waals surface area contributed by atoms with Crippen molar-refractivity contribution in [1.29, 1.82) is 0 Å². The van der Waals surface area contributed by atoms with Crippen molar-refractivity contribution in [3.63, 3.8) is 0 Å². The maximum Gasteiger partial charge on any atom is 0.216 e. The van der Waals surface area contributed by atoms with Crippen LogP contribution in [0.5, 0.6) is 0 Å². The van der Waals surface area contributed by atoms with Crippen LogP contribution in [0.3, 0.4) is 0 Å². The lowest BCUT2D eigenvalue weighted by Gasteiger charge is -2.21. The quantitative estimate of drug-likeness (QED) is 0.540. The molecular weight excluding hydrogens is 292 g/mol. The van der Waals surface area contributed by atoms with Gasteiger partial charge >= 0.3 is 0 Å². The summed E-state index contributed by atoms with van der Waals surface area (Å²) in [6.07, 6.45) is 1.22. The van der Waals surface area contributed by atoms with Crippen LogP contribution in [0.4, 0.5) is 0 Å². The van der Waals surface area contributed by atoms with Crippen molar-refractivity contribution in [1.82, 2.24) is 15.6 Å². The Labute approximate surface area is 140 Å². The molecule has 0 bridgehead atoms. The molecule has 0 saturated heterocycles. The molecule has 0 aromatic carbocycles. The number of aromatic nitrogens is 1. The summed E-state index contributed by atoms with van der Waals surface area (Å²) in [5, 5.41) is 6.58. The van der Waals surface area contributed by atoms with E-state index in [0.29, 0.717) is 18.4 Å². The van der Waals surface area contributed by atoms with Gasteiger partial charge in [-0.05, 0) is 40.0 Å². The highest BCUT2D eigenvalue weighted by Crippen LogP contribution is 2.10. The lowest BCUT2D eigenvalue weighted by atomic mass is 10.0. The monoisotopic (exact) mass is 324 g/mol. The van der Waals surface area contributed by atoms with Gasteiger partial charge in [0.1, 0.15) is 12.3 Å². The molecular formula is C17H32N4O2. The van der Waals surface area contributed by atoms with Crippen molar-refractivity contribution < 1.29 is 9.15 Å². The molecule has 132 valence electrons. The van der Waals surface area contributed by atoms with Gasteiger partial charge in [-0.25, -0.2) is 9.98 Å². The molecule has 6 nitrogen and oxygen atoms in total. The highest BCUT2D eigenvalue weighted by molar-refractivity contribution is 5.79. The smallest absolute Gasteiger partial charge is 0.216 e. The maximum atomic E-state index is 5.77. The third-order valence-electron chi connectivity index (χ3n) is 3.64. The van der Waals surface area contributed by atoms with Crippen molar-refractivity contribution in [3.05, 3.63) is 17.3 Å². The Bertz CT molecular complexity index is 463. The van der Waals surface area contributed by atoms with E-state index in [4.69, 9.17) is 9.15 Å². The Hall–Kier alpha value is -1.56. The lowest BCUT2D eigenvalue weighted by molar-refractivity contribution is 0.0258. The number of nitrogens with zero attached hydrogens (tertiary/aromatic N) is 2. The molecule has 1 aromatic rings. The van der Waals surface area contributed by atoms with Crippen LogP contribution in [0.1, 0.15) is 51.5 Å². The topological polar surface area (TPSA) is 71.7 Å². The Balaban J connectivity index is 2.51. The summed E-state index contributed by atoms with van der Waals surface area (Å²) >= 11 is 0. The van der Waals surface area contributed by atoms with Crippen LogP contribution in [0.2, 0.25) is 0 Å². The van der Waals surface area contributed by atoms with Crippen molar-refractivity contribution in [2.75, 3.05) is 19.7 Å². The lowest BCUT2D eigenvalue weighted by Crippen LogP contribution is -2.39. The normalized spacial score (nSPS) is 13.4. The minimum atomic E-state index is 0.271. The molecule has 0 spiro atoms. The van der Waals surface area contributed by atoms with Crippen molar-refractivity contribution in [2.45, 2.75) is 60.6 Å². The maximum absolute atomic E-state index is 5.77. The third-order valence-corrected chi connectivity index (χ3v) is 3.64. The van der Waals surface area contributed by atoms with Gasteiger partial charge in [0.05, 0.1) is 11.8 Å². The summed E-state index contributed by atoms with van der Waals surface area (Å²) in [6.45, 7) is 15.1. The van der Waals surface area contributed by atoms with E-state index in [1.54, 1.807) is 0 Å². The highest BCUT2D eigenvalue weighted by atomic mass is 16.5. The van der Waals surface area contributed by atoms with E-state index >= 15 is 0 Å². The fourth-order valence-electron chi connectivity index (χ4n) is 2.25. The molecule has 6 heteroatoms. The van der Waals surface area contributed by atoms with Gasteiger partial charge in [-0.2, -0.15) is 0 Å². The summed E-state index contributed by atoms with van der Waals surface area (Å²) in [5.41, 5.74) is 0.921. The Kier molecular flexibility index (Phi) is 8.69. The number of oxazole rings is 1. The summed E-state index contributed by atoms with van der Waals surface area (Å²) in [6, 6.07) is 0. The number of hydrogen-bond donors (Lipinski definition) is 2. The second-order valence-electron chi connectivity index (χ2n) is 5.90. The van der Waals surface area contributed by atoms with E-state index in [1.807, 2.05) is 27.7 Å². The van der Waals surface area contributed by atoms with E-state index in [0.717, 1.165) is 43.5 Å². The minimum absolute atomic E-state index is 0.271. The molecule has 0 fully saturated rings. The number of guanidine groups is 1. The Morgan fingerprint density at radius 2 is 2.00 bits per heavy atom. The van der Waals surface area contributed by atoms with E-state index in [1.165, 1.54) is 0 Å². The zero-order valence-corrected chi connectivity index (χ0v) is 15.4. The molecule has 1 heterocycles. The summed E-state index contributed by atoms with van der Waals surface area (Å²) in [5.74, 6) is 2.78. The van der Waals surface area contributed by atoms with Crippen LogP contribution >= 0.6 is 0 Å². The van der Waals surface area contributed by atoms with E-state index in [9.17, 15) is 0 Å². The number of aliphatic imine (C=N–C) groups is 1. The first-order valence-electron chi connectivity index (χ1n) is 8.54. The number of hydrogen-bond acceptors (Lipinski definition) is 4. The molecule has 0 aliphatic rings. The SMILES string of the molecule is CCNC(=NCc1nc(C)c(C)o1)NCCC(OCC)C(C)C. The minimum Gasteiger partial charge on any atom is -0.444 e. The first-order chi connectivity index (χ1) is 11.0. The van der Waals surface area contributed by atoms with Crippen LogP contribution in [0, 0.1) is 19.8 Å². The van der Waals surface area contributed by atoms with Crippen molar-refractivity contribution in [3.8, 4) is 0 Å². The zero-order valence-electron chi connectivity index (χ0n) is 15.4. The fourth-order valence-corrected chi connectivity index (χ4v) is 2.25. The van der Waals surface area contributed by atoms with E-state index in [-0.39, 0.29) is 6.10 Å². The molecule has 0 saturated carbocycles.